The third kappa shape index (κ3) is 4.54. The van der Waals surface area contributed by atoms with E-state index in [-0.39, 0.29) is 0 Å². The Kier molecular flexibility index (Phi) is 4.99. The molecule has 2 heterocycles. The maximum absolute atomic E-state index is 12.7. The summed E-state index contributed by atoms with van der Waals surface area (Å²) >= 11 is 5.80. The molecule has 3 nitrogen and oxygen atoms in total. The summed E-state index contributed by atoms with van der Waals surface area (Å²) in [4.78, 5) is 6.03. The molecule has 0 saturated carbocycles. The molecule has 0 bridgehead atoms. The van der Waals surface area contributed by atoms with Gasteiger partial charge in [-0.25, -0.2) is 4.98 Å². The highest BCUT2D eigenvalue weighted by Gasteiger charge is 2.30. The van der Waals surface area contributed by atoms with Crippen LogP contribution in [-0.4, -0.2) is 4.98 Å². The summed E-state index contributed by atoms with van der Waals surface area (Å²) in [6.07, 6.45) is 0.475. The normalized spacial score (nSPS) is 11.5. The molecular weight excluding hydrogens is 353 g/mol. The number of halogens is 4. The molecular formula is C18H14ClF3N2O. The lowest BCUT2D eigenvalue weighted by molar-refractivity contribution is -0.137. The molecule has 0 aliphatic heterocycles. The van der Waals surface area contributed by atoms with E-state index >= 15 is 0 Å². The average Bonchev–Trinajstić information content (AvgIpc) is 3.10. The standard InChI is InChI=1S/C18H14ClF3N2O/c19-17-6-3-14(9-23-17)11-24(16-7-8-25-12-16)10-13-1-4-15(5-2-13)18(20,21)22/h1-9,12H,10-11H2. The zero-order chi connectivity index (χ0) is 17.9. The molecule has 3 rings (SSSR count). The van der Waals surface area contributed by atoms with Crippen molar-refractivity contribution in [2.24, 2.45) is 0 Å². The van der Waals surface area contributed by atoms with Crippen LogP contribution in [0.15, 0.2) is 65.6 Å². The third-order valence-electron chi connectivity index (χ3n) is 3.69. The first kappa shape index (κ1) is 17.4. The van der Waals surface area contributed by atoms with E-state index in [1.165, 1.54) is 12.1 Å². The molecule has 7 heteroatoms. The van der Waals surface area contributed by atoms with Gasteiger partial charge in [0.2, 0.25) is 0 Å². The van der Waals surface area contributed by atoms with Gasteiger partial charge in [0.1, 0.15) is 11.4 Å². The summed E-state index contributed by atoms with van der Waals surface area (Å²) in [6, 6.07) is 10.5. The van der Waals surface area contributed by atoms with Gasteiger partial charge in [-0.2, -0.15) is 13.2 Å². The third-order valence-corrected chi connectivity index (χ3v) is 3.91. The Labute approximate surface area is 147 Å². The Morgan fingerprint density at radius 2 is 1.64 bits per heavy atom. The summed E-state index contributed by atoms with van der Waals surface area (Å²) in [5.41, 5.74) is 1.86. The van der Waals surface area contributed by atoms with Gasteiger partial charge in [0, 0.05) is 19.3 Å². The first-order chi connectivity index (χ1) is 11.9. The second-order valence-electron chi connectivity index (χ2n) is 5.52. The van der Waals surface area contributed by atoms with Gasteiger partial charge in [0.25, 0.3) is 0 Å². The Hall–Kier alpha value is -2.47. The minimum Gasteiger partial charge on any atom is -0.470 e. The van der Waals surface area contributed by atoms with Crippen LogP contribution < -0.4 is 4.90 Å². The van der Waals surface area contributed by atoms with Crippen molar-refractivity contribution in [2.75, 3.05) is 4.90 Å². The molecule has 0 aliphatic carbocycles. The van der Waals surface area contributed by atoms with Crippen LogP contribution in [0.2, 0.25) is 5.15 Å². The zero-order valence-electron chi connectivity index (χ0n) is 13.0. The van der Waals surface area contributed by atoms with Gasteiger partial charge in [-0.3, -0.25) is 0 Å². The van der Waals surface area contributed by atoms with Crippen molar-refractivity contribution in [1.82, 2.24) is 4.98 Å². The van der Waals surface area contributed by atoms with Crippen molar-refractivity contribution >= 4 is 17.3 Å². The van der Waals surface area contributed by atoms with E-state index in [2.05, 4.69) is 4.98 Å². The van der Waals surface area contributed by atoms with E-state index in [9.17, 15) is 13.2 Å². The number of benzene rings is 1. The Balaban J connectivity index is 1.79. The highest BCUT2D eigenvalue weighted by Crippen LogP contribution is 2.29. The molecule has 3 aromatic rings. The monoisotopic (exact) mass is 366 g/mol. The first-order valence-electron chi connectivity index (χ1n) is 7.45. The molecule has 0 atom stereocenters. The second-order valence-corrected chi connectivity index (χ2v) is 5.91. The predicted molar refractivity (Wildman–Crippen MR) is 89.3 cm³/mol. The van der Waals surface area contributed by atoms with Crippen molar-refractivity contribution in [3.05, 3.63) is 83.0 Å². The SMILES string of the molecule is FC(F)(F)c1ccc(CN(Cc2ccc(Cl)nc2)c2ccoc2)cc1. The number of nitrogens with zero attached hydrogens (tertiary/aromatic N) is 2. The second kappa shape index (κ2) is 7.19. The first-order valence-corrected chi connectivity index (χ1v) is 7.83. The van der Waals surface area contributed by atoms with Crippen molar-refractivity contribution in [2.45, 2.75) is 19.3 Å². The molecule has 0 amide bonds. The molecule has 0 N–H and O–H groups in total. The molecule has 0 aliphatic rings. The summed E-state index contributed by atoms with van der Waals surface area (Å²) in [5.74, 6) is 0. The lowest BCUT2D eigenvalue weighted by atomic mass is 10.1. The van der Waals surface area contributed by atoms with Crippen molar-refractivity contribution in [3.63, 3.8) is 0 Å². The van der Waals surface area contributed by atoms with Crippen molar-refractivity contribution in [3.8, 4) is 0 Å². The molecule has 0 saturated heterocycles. The molecule has 0 radical (unpaired) electrons. The smallest absolute Gasteiger partial charge is 0.416 e. The van der Waals surface area contributed by atoms with Crippen LogP contribution in [0.4, 0.5) is 18.9 Å². The molecule has 25 heavy (non-hydrogen) atoms. The summed E-state index contributed by atoms with van der Waals surface area (Å²) in [5, 5.41) is 0.404. The lowest BCUT2D eigenvalue weighted by Gasteiger charge is -2.23. The topological polar surface area (TPSA) is 29.3 Å². The molecule has 1 aromatic carbocycles. The van der Waals surface area contributed by atoms with Crippen LogP contribution in [0.25, 0.3) is 0 Å². The predicted octanol–water partition coefficient (Wildman–Crippen LogP) is 5.55. The molecule has 2 aromatic heterocycles. The Bertz CT molecular complexity index is 800. The van der Waals surface area contributed by atoms with Crippen LogP contribution in [0.1, 0.15) is 16.7 Å². The lowest BCUT2D eigenvalue weighted by Crippen LogP contribution is -2.21. The van der Waals surface area contributed by atoms with Gasteiger partial charge in [-0.05, 0) is 35.4 Å². The van der Waals surface area contributed by atoms with E-state index in [4.69, 9.17) is 16.0 Å². The van der Waals surface area contributed by atoms with E-state index in [1.807, 2.05) is 11.0 Å². The Morgan fingerprint density at radius 1 is 0.960 bits per heavy atom. The van der Waals surface area contributed by atoms with Gasteiger partial charge in [-0.15, -0.1) is 0 Å². The molecule has 0 fully saturated rings. The minimum atomic E-state index is -4.34. The highest BCUT2D eigenvalue weighted by atomic mass is 35.5. The van der Waals surface area contributed by atoms with Gasteiger partial charge >= 0.3 is 6.18 Å². The van der Waals surface area contributed by atoms with Gasteiger partial charge in [0.05, 0.1) is 17.5 Å². The maximum Gasteiger partial charge on any atom is 0.416 e. The number of hydrogen-bond donors (Lipinski definition) is 0. The average molecular weight is 367 g/mol. The number of aromatic nitrogens is 1. The largest absolute Gasteiger partial charge is 0.470 e. The van der Waals surface area contributed by atoms with Crippen LogP contribution >= 0.6 is 11.6 Å². The van der Waals surface area contributed by atoms with Crippen LogP contribution in [-0.2, 0) is 19.3 Å². The van der Waals surface area contributed by atoms with E-state index in [0.29, 0.717) is 18.2 Å². The van der Waals surface area contributed by atoms with Crippen LogP contribution in [0.5, 0.6) is 0 Å². The summed E-state index contributed by atoms with van der Waals surface area (Å²) in [6.45, 7) is 0.949. The van der Waals surface area contributed by atoms with Crippen LogP contribution in [0, 0.1) is 0 Å². The quantitative estimate of drug-likeness (QED) is 0.554. The van der Waals surface area contributed by atoms with Crippen molar-refractivity contribution in [1.29, 1.82) is 0 Å². The number of anilines is 1. The number of hydrogen-bond acceptors (Lipinski definition) is 3. The van der Waals surface area contributed by atoms with Gasteiger partial charge in [-0.1, -0.05) is 29.8 Å². The molecule has 0 spiro atoms. The number of rotatable bonds is 5. The fraction of sp³-hybridized carbons (Fsp3) is 0.167. The summed E-state index contributed by atoms with van der Waals surface area (Å²) in [7, 11) is 0. The van der Waals surface area contributed by atoms with Crippen LogP contribution in [0.3, 0.4) is 0 Å². The van der Waals surface area contributed by atoms with E-state index < -0.39 is 11.7 Å². The van der Waals surface area contributed by atoms with Crippen molar-refractivity contribution < 1.29 is 17.6 Å². The minimum absolute atomic E-state index is 0.404. The van der Waals surface area contributed by atoms with E-state index in [0.717, 1.165) is 28.9 Å². The summed E-state index contributed by atoms with van der Waals surface area (Å²) < 4.78 is 43.2. The zero-order valence-corrected chi connectivity index (χ0v) is 13.8. The number of alkyl halides is 3. The van der Waals surface area contributed by atoms with Gasteiger partial charge < -0.3 is 9.32 Å². The highest BCUT2D eigenvalue weighted by molar-refractivity contribution is 6.29. The fourth-order valence-electron chi connectivity index (χ4n) is 2.42. The number of furan rings is 1. The fourth-order valence-corrected chi connectivity index (χ4v) is 2.53. The molecule has 130 valence electrons. The van der Waals surface area contributed by atoms with E-state index in [1.54, 1.807) is 30.9 Å². The number of pyridine rings is 1. The Morgan fingerprint density at radius 3 is 2.20 bits per heavy atom. The van der Waals surface area contributed by atoms with Gasteiger partial charge in [0.15, 0.2) is 0 Å². The molecule has 0 unspecified atom stereocenters. The maximum atomic E-state index is 12.7.